The molecule has 0 aliphatic carbocycles. The number of benzene rings is 2. The molecule has 3 N–H and O–H groups in total. The highest BCUT2D eigenvalue weighted by atomic mass is 35.5. The Morgan fingerprint density at radius 2 is 1.55 bits per heavy atom. The molecule has 29 heavy (non-hydrogen) atoms. The third-order valence-corrected chi connectivity index (χ3v) is 3.90. The van der Waals surface area contributed by atoms with E-state index in [-0.39, 0.29) is 18.9 Å². The third kappa shape index (κ3) is 8.23. The van der Waals surface area contributed by atoms with E-state index in [1.807, 2.05) is 6.07 Å². The quantitative estimate of drug-likeness (QED) is 0.662. The second-order valence-corrected chi connectivity index (χ2v) is 7.71. The van der Waals surface area contributed by atoms with E-state index >= 15 is 0 Å². The monoisotopic (exact) mass is 417 g/mol. The first-order valence-electron chi connectivity index (χ1n) is 9.02. The SMILES string of the molecule is CC(C)(C)OC(=O)NCC(=O)Nc1cccc(NC(=O)Cc2ccccc2Cl)c1. The summed E-state index contributed by atoms with van der Waals surface area (Å²) in [6.07, 6.45) is -0.538. The van der Waals surface area contributed by atoms with Crippen molar-refractivity contribution >= 4 is 40.9 Å². The van der Waals surface area contributed by atoms with Gasteiger partial charge in [0.2, 0.25) is 11.8 Å². The lowest BCUT2D eigenvalue weighted by molar-refractivity contribution is -0.116. The van der Waals surface area contributed by atoms with Gasteiger partial charge in [0.25, 0.3) is 0 Å². The maximum atomic E-state index is 12.2. The average Bonchev–Trinajstić information content (AvgIpc) is 2.61. The second kappa shape index (κ2) is 9.93. The highest BCUT2D eigenvalue weighted by Gasteiger charge is 2.16. The summed E-state index contributed by atoms with van der Waals surface area (Å²) in [4.78, 5) is 35.8. The number of hydrogen-bond donors (Lipinski definition) is 3. The summed E-state index contributed by atoms with van der Waals surface area (Å²) in [5.74, 6) is -0.649. The van der Waals surface area contributed by atoms with Gasteiger partial charge in [-0.1, -0.05) is 35.9 Å². The minimum absolute atomic E-state index is 0.135. The van der Waals surface area contributed by atoms with Crippen LogP contribution in [0.2, 0.25) is 5.02 Å². The predicted octanol–water partition coefficient (Wildman–Crippen LogP) is 3.98. The van der Waals surface area contributed by atoms with Crippen molar-refractivity contribution in [3.8, 4) is 0 Å². The molecule has 0 spiro atoms. The first kappa shape index (κ1) is 22.2. The third-order valence-electron chi connectivity index (χ3n) is 3.53. The first-order chi connectivity index (χ1) is 13.6. The number of alkyl carbamates (subject to hydrolysis) is 1. The molecule has 0 bridgehead atoms. The lowest BCUT2D eigenvalue weighted by atomic mass is 10.1. The molecule has 0 aromatic heterocycles. The van der Waals surface area contributed by atoms with Gasteiger partial charge in [-0.25, -0.2) is 4.79 Å². The number of ether oxygens (including phenoxy) is 1. The minimum atomic E-state index is -0.673. The molecule has 2 aromatic rings. The molecule has 0 saturated heterocycles. The lowest BCUT2D eigenvalue weighted by Gasteiger charge is -2.19. The van der Waals surface area contributed by atoms with Crippen molar-refractivity contribution in [1.29, 1.82) is 0 Å². The van der Waals surface area contributed by atoms with Gasteiger partial charge in [0.1, 0.15) is 12.1 Å². The maximum Gasteiger partial charge on any atom is 0.408 e. The fraction of sp³-hybridized carbons (Fsp3) is 0.286. The van der Waals surface area contributed by atoms with E-state index in [0.29, 0.717) is 16.4 Å². The normalized spacial score (nSPS) is 10.8. The smallest absolute Gasteiger partial charge is 0.408 e. The number of halogens is 1. The van der Waals surface area contributed by atoms with Gasteiger partial charge in [0.15, 0.2) is 0 Å². The molecule has 0 saturated carbocycles. The molecule has 2 aromatic carbocycles. The largest absolute Gasteiger partial charge is 0.444 e. The Morgan fingerprint density at radius 3 is 2.17 bits per heavy atom. The molecule has 3 amide bonds. The van der Waals surface area contributed by atoms with Crippen molar-refractivity contribution in [3.63, 3.8) is 0 Å². The van der Waals surface area contributed by atoms with Crippen molar-refractivity contribution in [1.82, 2.24) is 5.32 Å². The zero-order valence-electron chi connectivity index (χ0n) is 16.5. The van der Waals surface area contributed by atoms with Gasteiger partial charge >= 0.3 is 6.09 Å². The van der Waals surface area contributed by atoms with E-state index < -0.39 is 17.6 Å². The molecule has 0 aliphatic rings. The van der Waals surface area contributed by atoms with Crippen LogP contribution in [0.1, 0.15) is 26.3 Å². The van der Waals surface area contributed by atoms with E-state index in [1.54, 1.807) is 63.2 Å². The molecule has 154 valence electrons. The van der Waals surface area contributed by atoms with E-state index in [0.717, 1.165) is 5.56 Å². The molecule has 0 aliphatic heterocycles. The summed E-state index contributed by atoms with van der Waals surface area (Å²) in [6.45, 7) is 4.96. The van der Waals surface area contributed by atoms with Gasteiger partial charge in [-0.3, -0.25) is 9.59 Å². The number of anilines is 2. The van der Waals surface area contributed by atoms with Crippen LogP contribution in [0.15, 0.2) is 48.5 Å². The Labute approximate surface area is 174 Å². The molecule has 0 unspecified atom stereocenters. The number of rotatable bonds is 6. The van der Waals surface area contributed by atoms with Crippen molar-refractivity contribution in [2.75, 3.05) is 17.2 Å². The van der Waals surface area contributed by atoms with Gasteiger partial charge < -0.3 is 20.7 Å². The van der Waals surface area contributed by atoms with Crippen LogP contribution in [-0.2, 0) is 20.7 Å². The average molecular weight is 418 g/mol. The van der Waals surface area contributed by atoms with E-state index in [2.05, 4.69) is 16.0 Å². The van der Waals surface area contributed by atoms with Crippen molar-refractivity contribution in [3.05, 3.63) is 59.1 Å². The molecule has 0 atom stereocenters. The molecule has 7 nitrogen and oxygen atoms in total. The van der Waals surface area contributed by atoms with E-state index in [9.17, 15) is 14.4 Å². The number of carbonyl (C=O) groups is 3. The van der Waals surface area contributed by atoms with Gasteiger partial charge in [-0.15, -0.1) is 0 Å². The van der Waals surface area contributed by atoms with Crippen LogP contribution in [-0.4, -0.2) is 30.1 Å². The molecule has 2 rings (SSSR count). The van der Waals surface area contributed by atoms with Crippen LogP contribution >= 0.6 is 11.6 Å². The van der Waals surface area contributed by atoms with E-state index in [1.165, 1.54) is 0 Å². The standard InChI is InChI=1S/C21H24ClN3O4/c1-21(2,3)29-20(28)23-13-19(27)25-16-9-6-8-15(12-16)24-18(26)11-14-7-4-5-10-17(14)22/h4-10,12H,11,13H2,1-3H3,(H,23,28)(H,24,26)(H,25,27). The fourth-order valence-corrected chi connectivity index (χ4v) is 2.57. The number of carbonyl (C=O) groups excluding carboxylic acids is 3. The Morgan fingerprint density at radius 1 is 0.931 bits per heavy atom. The number of nitrogens with one attached hydrogen (secondary N) is 3. The number of hydrogen-bond acceptors (Lipinski definition) is 4. The van der Waals surface area contributed by atoms with Crippen LogP contribution < -0.4 is 16.0 Å². The predicted molar refractivity (Wildman–Crippen MR) is 113 cm³/mol. The van der Waals surface area contributed by atoms with Crippen LogP contribution in [0.25, 0.3) is 0 Å². The van der Waals surface area contributed by atoms with Gasteiger partial charge in [0.05, 0.1) is 6.42 Å². The summed E-state index contributed by atoms with van der Waals surface area (Å²) in [6, 6.07) is 13.8. The van der Waals surface area contributed by atoms with Crippen LogP contribution in [0, 0.1) is 0 Å². The summed E-state index contributed by atoms with van der Waals surface area (Å²) >= 11 is 6.07. The van der Waals surface area contributed by atoms with Crippen LogP contribution in [0.3, 0.4) is 0 Å². The van der Waals surface area contributed by atoms with Gasteiger partial charge in [0, 0.05) is 16.4 Å². The lowest BCUT2D eigenvalue weighted by Crippen LogP contribution is -2.37. The Kier molecular flexibility index (Phi) is 7.61. The van der Waals surface area contributed by atoms with E-state index in [4.69, 9.17) is 16.3 Å². The topological polar surface area (TPSA) is 96.5 Å². The molecular formula is C21H24ClN3O4. The van der Waals surface area contributed by atoms with Crippen LogP contribution in [0.5, 0.6) is 0 Å². The highest BCUT2D eigenvalue weighted by molar-refractivity contribution is 6.31. The molecular weight excluding hydrogens is 394 g/mol. The van der Waals surface area contributed by atoms with Gasteiger partial charge in [-0.05, 0) is 50.6 Å². The number of amides is 3. The Bertz CT molecular complexity index is 893. The Balaban J connectivity index is 1.87. The molecule has 8 heteroatoms. The maximum absolute atomic E-state index is 12.2. The minimum Gasteiger partial charge on any atom is -0.444 e. The van der Waals surface area contributed by atoms with Crippen molar-refractivity contribution < 1.29 is 19.1 Å². The highest BCUT2D eigenvalue weighted by Crippen LogP contribution is 2.18. The summed E-state index contributed by atoms with van der Waals surface area (Å²) in [5.41, 5.74) is 1.10. The Hall–Kier alpha value is -3.06. The molecule has 0 heterocycles. The summed E-state index contributed by atoms with van der Waals surface area (Å²) < 4.78 is 5.07. The summed E-state index contributed by atoms with van der Waals surface area (Å²) in [7, 11) is 0. The molecule has 0 fully saturated rings. The fourth-order valence-electron chi connectivity index (χ4n) is 2.37. The molecule has 0 radical (unpaired) electrons. The van der Waals surface area contributed by atoms with Gasteiger partial charge in [-0.2, -0.15) is 0 Å². The first-order valence-corrected chi connectivity index (χ1v) is 9.40. The summed E-state index contributed by atoms with van der Waals surface area (Å²) in [5, 5.41) is 8.33. The second-order valence-electron chi connectivity index (χ2n) is 7.30. The van der Waals surface area contributed by atoms with Crippen molar-refractivity contribution in [2.45, 2.75) is 32.8 Å². The van der Waals surface area contributed by atoms with Crippen molar-refractivity contribution in [2.24, 2.45) is 0 Å². The van der Waals surface area contributed by atoms with Crippen LogP contribution in [0.4, 0.5) is 16.2 Å². The zero-order chi connectivity index (χ0) is 21.4. The zero-order valence-corrected chi connectivity index (χ0v) is 17.3.